The first-order chi connectivity index (χ1) is 14.4. The van der Waals surface area contributed by atoms with E-state index >= 15 is 0 Å². The van der Waals surface area contributed by atoms with Gasteiger partial charge >= 0.3 is 5.97 Å². The maximum atomic E-state index is 12.2. The van der Waals surface area contributed by atoms with E-state index in [2.05, 4.69) is 9.93 Å². The molecular weight excluding hydrogens is 400 g/mol. The average molecular weight is 420 g/mol. The van der Waals surface area contributed by atoms with Crippen molar-refractivity contribution in [3.05, 3.63) is 102 Å². The molecule has 0 aliphatic heterocycles. The number of sulfonamides is 1. The molecule has 0 atom stereocenters. The van der Waals surface area contributed by atoms with Gasteiger partial charge in [-0.05, 0) is 60.5 Å². The molecule has 0 radical (unpaired) electrons. The Balaban J connectivity index is 1.55. The van der Waals surface area contributed by atoms with Gasteiger partial charge in [0.25, 0.3) is 10.0 Å². The molecule has 0 saturated carbocycles. The van der Waals surface area contributed by atoms with Crippen LogP contribution in [0.3, 0.4) is 0 Å². The van der Waals surface area contributed by atoms with Crippen LogP contribution in [0, 0.1) is 6.92 Å². The highest BCUT2D eigenvalue weighted by Gasteiger charge is 2.11. The van der Waals surface area contributed by atoms with E-state index in [0.717, 1.165) is 11.1 Å². The van der Waals surface area contributed by atoms with Gasteiger partial charge in [-0.2, -0.15) is 13.5 Å². The summed E-state index contributed by atoms with van der Waals surface area (Å²) in [5, 5.41) is 3.78. The summed E-state index contributed by atoms with van der Waals surface area (Å²) in [6.07, 6.45) is 4.39. The summed E-state index contributed by atoms with van der Waals surface area (Å²) in [4.78, 5) is 14.2. The second kappa shape index (κ2) is 9.67. The van der Waals surface area contributed by atoms with E-state index in [9.17, 15) is 13.2 Å². The molecule has 7 heteroatoms. The average Bonchev–Trinajstić information content (AvgIpc) is 2.74. The van der Waals surface area contributed by atoms with Crippen LogP contribution in [0.2, 0.25) is 0 Å². The number of hydrogen-bond acceptors (Lipinski definition) is 5. The van der Waals surface area contributed by atoms with E-state index in [0.29, 0.717) is 11.3 Å². The predicted octanol–water partition coefficient (Wildman–Crippen LogP) is 3.93. The smallest absolute Gasteiger partial charge is 0.336 e. The van der Waals surface area contributed by atoms with Gasteiger partial charge in [-0.25, -0.2) is 9.63 Å². The quantitative estimate of drug-likeness (QED) is 0.206. The standard InChI is InChI=1S/C23H20N2O4S/c1-18-7-14-22(15-8-18)30(27,28)25-24-17-20-9-12-21(13-10-20)29-23(26)16-11-19-5-3-2-4-6-19/h2-17,25H,1H3. The number of aryl methyl sites for hydroxylation is 1. The molecule has 30 heavy (non-hydrogen) atoms. The van der Waals surface area contributed by atoms with Gasteiger partial charge in [-0.3, -0.25) is 0 Å². The summed E-state index contributed by atoms with van der Waals surface area (Å²) in [5.41, 5.74) is 2.50. The first-order valence-electron chi connectivity index (χ1n) is 9.09. The molecule has 3 rings (SSSR count). The van der Waals surface area contributed by atoms with Crippen molar-refractivity contribution in [2.24, 2.45) is 5.10 Å². The van der Waals surface area contributed by atoms with Gasteiger partial charge in [0.15, 0.2) is 0 Å². The molecule has 0 fully saturated rings. The molecule has 0 aliphatic rings. The zero-order valence-electron chi connectivity index (χ0n) is 16.2. The minimum absolute atomic E-state index is 0.135. The van der Waals surface area contributed by atoms with Gasteiger partial charge in [0.1, 0.15) is 5.75 Å². The van der Waals surface area contributed by atoms with E-state index in [-0.39, 0.29) is 4.90 Å². The van der Waals surface area contributed by atoms with E-state index < -0.39 is 16.0 Å². The van der Waals surface area contributed by atoms with Crippen molar-refractivity contribution in [1.82, 2.24) is 4.83 Å². The zero-order valence-corrected chi connectivity index (χ0v) is 17.0. The monoisotopic (exact) mass is 420 g/mol. The molecule has 0 spiro atoms. The molecule has 6 nitrogen and oxygen atoms in total. The van der Waals surface area contributed by atoms with Crippen molar-refractivity contribution in [2.75, 3.05) is 0 Å². The van der Waals surface area contributed by atoms with Crippen LogP contribution in [-0.2, 0) is 14.8 Å². The molecule has 3 aromatic rings. The highest BCUT2D eigenvalue weighted by atomic mass is 32.2. The lowest BCUT2D eigenvalue weighted by atomic mass is 10.2. The zero-order chi connectivity index (χ0) is 21.4. The molecule has 0 bridgehead atoms. The summed E-state index contributed by atoms with van der Waals surface area (Å²) < 4.78 is 29.6. The number of benzene rings is 3. The number of carbonyl (C=O) groups excluding carboxylic acids is 1. The van der Waals surface area contributed by atoms with Gasteiger partial charge in [-0.15, -0.1) is 0 Å². The third-order valence-corrected chi connectivity index (χ3v) is 5.27. The predicted molar refractivity (Wildman–Crippen MR) is 117 cm³/mol. The number of nitrogens with one attached hydrogen (secondary N) is 1. The van der Waals surface area contributed by atoms with Crippen LogP contribution in [0.15, 0.2) is 94.9 Å². The van der Waals surface area contributed by atoms with Crippen LogP contribution in [0.5, 0.6) is 5.75 Å². The van der Waals surface area contributed by atoms with Crippen molar-refractivity contribution in [1.29, 1.82) is 0 Å². The molecule has 0 amide bonds. The Hall–Kier alpha value is -3.71. The lowest BCUT2D eigenvalue weighted by Crippen LogP contribution is -2.18. The molecule has 3 aromatic carbocycles. The molecule has 0 heterocycles. The van der Waals surface area contributed by atoms with Crippen molar-refractivity contribution < 1.29 is 17.9 Å². The summed E-state index contributed by atoms with van der Waals surface area (Å²) in [5.74, 6) is -0.124. The van der Waals surface area contributed by atoms with Crippen LogP contribution in [0.4, 0.5) is 0 Å². The Morgan fingerprint density at radius 2 is 1.57 bits per heavy atom. The van der Waals surface area contributed by atoms with Gasteiger partial charge in [0, 0.05) is 6.08 Å². The third kappa shape index (κ3) is 6.15. The SMILES string of the molecule is Cc1ccc(S(=O)(=O)NN=Cc2ccc(OC(=O)C=Cc3ccccc3)cc2)cc1. The van der Waals surface area contributed by atoms with Crippen molar-refractivity contribution in [3.8, 4) is 5.75 Å². The molecule has 152 valence electrons. The Morgan fingerprint density at radius 1 is 0.900 bits per heavy atom. The molecule has 0 aromatic heterocycles. The first-order valence-corrected chi connectivity index (χ1v) is 10.6. The van der Waals surface area contributed by atoms with Crippen LogP contribution in [0.25, 0.3) is 6.08 Å². The van der Waals surface area contributed by atoms with E-state index in [4.69, 9.17) is 4.74 Å². The lowest BCUT2D eigenvalue weighted by molar-refractivity contribution is -0.128. The number of rotatable bonds is 7. The van der Waals surface area contributed by atoms with Crippen LogP contribution in [0.1, 0.15) is 16.7 Å². The largest absolute Gasteiger partial charge is 0.423 e. The summed E-state index contributed by atoms with van der Waals surface area (Å²) >= 11 is 0. The normalized spacial score (nSPS) is 11.6. The lowest BCUT2D eigenvalue weighted by Gasteiger charge is -2.04. The fraction of sp³-hybridized carbons (Fsp3) is 0.0435. The fourth-order valence-corrected chi connectivity index (χ4v) is 3.23. The minimum atomic E-state index is -3.73. The Kier molecular flexibility index (Phi) is 6.77. The molecule has 1 N–H and O–H groups in total. The molecule has 0 aliphatic carbocycles. The second-order valence-electron chi connectivity index (χ2n) is 6.40. The number of esters is 1. The van der Waals surface area contributed by atoms with Crippen LogP contribution >= 0.6 is 0 Å². The van der Waals surface area contributed by atoms with Gasteiger partial charge in [0.2, 0.25) is 0 Å². The van der Waals surface area contributed by atoms with E-state index in [1.165, 1.54) is 24.4 Å². The second-order valence-corrected chi connectivity index (χ2v) is 8.06. The van der Waals surface area contributed by atoms with E-state index in [1.54, 1.807) is 42.5 Å². The van der Waals surface area contributed by atoms with Crippen molar-refractivity contribution in [3.63, 3.8) is 0 Å². The van der Waals surface area contributed by atoms with Gasteiger partial charge in [-0.1, -0.05) is 48.0 Å². The van der Waals surface area contributed by atoms with E-state index in [1.807, 2.05) is 37.3 Å². The molecular formula is C23H20N2O4S. The highest BCUT2D eigenvalue weighted by Crippen LogP contribution is 2.13. The topological polar surface area (TPSA) is 84.8 Å². The number of ether oxygens (including phenoxy) is 1. The summed E-state index contributed by atoms with van der Waals surface area (Å²) in [6.45, 7) is 1.88. The number of hydrogen-bond donors (Lipinski definition) is 1. The molecule has 0 unspecified atom stereocenters. The number of carbonyl (C=O) groups is 1. The van der Waals surface area contributed by atoms with Crippen LogP contribution < -0.4 is 9.57 Å². The summed E-state index contributed by atoms with van der Waals surface area (Å²) in [6, 6.07) is 22.4. The number of nitrogens with zero attached hydrogens (tertiary/aromatic N) is 1. The third-order valence-electron chi connectivity index (χ3n) is 4.03. The maximum absolute atomic E-state index is 12.2. The highest BCUT2D eigenvalue weighted by molar-refractivity contribution is 7.89. The molecule has 0 saturated heterocycles. The maximum Gasteiger partial charge on any atom is 0.336 e. The fourth-order valence-electron chi connectivity index (χ4n) is 2.44. The number of hydrazone groups is 1. The Morgan fingerprint density at radius 3 is 2.23 bits per heavy atom. The van der Waals surface area contributed by atoms with Crippen LogP contribution in [-0.4, -0.2) is 20.6 Å². The van der Waals surface area contributed by atoms with Gasteiger partial charge < -0.3 is 4.74 Å². The Labute approximate surface area is 175 Å². The first kappa shape index (κ1) is 21.0. The van der Waals surface area contributed by atoms with Gasteiger partial charge in [0.05, 0.1) is 11.1 Å². The summed E-state index contributed by atoms with van der Waals surface area (Å²) in [7, 11) is -3.73. The van der Waals surface area contributed by atoms with Crippen molar-refractivity contribution in [2.45, 2.75) is 11.8 Å². The van der Waals surface area contributed by atoms with Crippen molar-refractivity contribution >= 4 is 28.3 Å². The Bertz CT molecular complexity index is 1150. The minimum Gasteiger partial charge on any atom is -0.423 e.